The van der Waals surface area contributed by atoms with Crippen molar-refractivity contribution in [3.05, 3.63) is 7.43 Å². The summed E-state index contributed by atoms with van der Waals surface area (Å²) >= 11 is 2.38. The first-order valence-corrected chi connectivity index (χ1v) is 1.19. The first-order chi connectivity index (χ1) is 1.00. The first kappa shape index (κ1) is 26.6. The Hall–Kier alpha value is 0.362. The predicted molar refractivity (Wildman–Crippen MR) is 17.1 cm³/mol. The Labute approximate surface area is 34.9 Å². The van der Waals surface area contributed by atoms with E-state index in [2.05, 4.69) is 21.2 Å². The van der Waals surface area contributed by atoms with Gasteiger partial charge in [0, 0.05) is 0 Å². The molecule has 0 amide bonds. The van der Waals surface area contributed by atoms with E-state index in [1.807, 2.05) is 0 Å². The summed E-state index contributed by atoms with van der Waals surface area (Å²) in [6.45, 7) is 0. The summed E-state index contributed by atoms with van der Waals surface area (Å²) in [6.07, 6.45) is 0. The van der Waals surface area contributed by atoms with Crippen LogP contribution in [0.15, 0.2) is 0 Å². The van der Waals surface area contributed by atoms with Crippen LogP contribution in [0.4, 0.5) is 0 Å². The van der Waals surface area contributed by atoms with Gasteiger partial charge >= 0.3 is 21.2 Å². The van der Waals surface area contributed by atoms with Crippen molar-refractivity contribution in [3.63, 3.8) is 0 Å². The van der Waals surface area contributed by atoms with Gasteiger partial charge in [-0.3, -0.25) is 0 Å². The Morgan fingerprint density at radius 2 is 1.25 bits per heavy atom. The van der Waals surface area contributed by atoms with Gasteiger partial charge in [-0.1, -0.05) is 0 Å². The minimum Gasteiger partial charge on any atom is -0.358 e. The SMILES string of the molecule is O.[CH2]=[Cr].[CH3-]. The van der Waals surface area contributed by atoms with Gasteiger partial charge in [-0.15, -0.1) is 0 Å². The molecule has 0 radical (unpaired) electrons. The quantitative estimate of drug-likeness (QED) is 0.370. The molecule has 0 spiro atoms. The maximum atomic E-state index is 3.12. The minimum absolute atomic E-state index is 0. The fraction of sp³-hybridized carbons (Fsp3) is 0. The smallest absolute Gasteiger partial charge is 0.358 e. The molecule has 0 saturated heterocycles. The van der Waals surface area contributed by atoms with Gasteiger partial charge < -0.3 is 12.9 Å². The van der Waals surface area contributed by atoms with Gasteiger partial charge in [-0.25, -0.2) is 0 Å². The van der Waals surface area contributed by atoms with Crippen molar-refractivity contribution >= 4 is 5.39 Å². The Kier molecular flexibility index (Phi) is 949. The van der Waals surface area contributed by atoms with Crippen molar-refractivity contribution in [2.45, 2.75) is 0 Å². The fourth-order valence-electron chi connectivity index (χ4n) is 0. The Bertz CT molecular complexity index is 6.00. The monoisotopic (exact) mass is 99.0 g/mol. The van der Waals surface area contributed by atoms with E-state index in [0.717, 1.165) is 0 Å². The van der Waals surface area contributed by atoms with Crippen LogP contribution in [0.1, 0.15) is 0 Å². The van der Waals surface area contributed by atoms with Crippen molar-refractivity contribution in [3.8, 4) is 0 Å². The van der Waals surface area contributed by atoms with Crippen molar-refractivity contribution in [1.29, 1.82) is 0 Å². The van der Waals surface area contributed by atoms with E-state index in [4.69, 9.17) is 0 Å². The van der Waals surface area contributed by atoms with E-state index < -0.39 is 0 Å². The molecule has 0 aliphatic heterocycles. The van der Waals surface area contributed by atoms with E-state index in [-0.39, 0.29) is 12.9 Å². The first-order valence-electron chi connectivity index (χ1n) is 0.289. The van der Waals surface area contributed by atoms with Gasteiger partial charge in [0.05, 0.1) is 0 Å². The summed E-state index contributed by atoms with van der Waals surface area (Å²) in [5, 5.41) is 3.12. The third-order valence-corrected chi connectivity index (χ3v) is 0. The van der Waals surface area contributed by atoms with Crippen LogP contribution < -0.4 is 0 Å². The molecule has 28 valence electrons. The summed E-state index contributed by atoms with van der Waals surface area (Å²) in [4.78, 5) is 0. The van der Waals surface area contributed by atoms with Crippen molar-refractivity contribution in [2.75, 3.05) is 0 Å². The molecular formula is C2H7CrO-. The predicted octanol–water partition coefficient (Wildman–Crippen LogP) is -0.409. The van der Waals surface area contributed by atoms with Crippen molar-refractivity contribution in [2.24, 2.45) is 0 Å². The molecule has 0 bridgehead atoms. The molecule has 4 heavy (non-hydrogen) atoms. The summed E-state index contributed by atoms with van der Waals surface area (Å²) in [6, 6.07) is 0. The zero-order valence-corrected chi connectivity index (χ0v) is 3.89. The Morgan fingerprint density at radius 3 is 1.25 bits per heavy atom. The van der Waals surface area contributed by atoms with E-state index in [1.54, 1.807) is 0 Å². The maximum Gasteiger partial charge on any atom is -0.358 e. The van der Waals surface area contributed by atoms with E-state index >= 15 is 0 Å². The maximum absolute atomic E-state index is 3.12. The molecule has 0 saturated carbocycles. The van der Waals surface area contributed by atoms with Gasteiger partial charge in [0.15, 0.2) is 0 Å². The van der Waals surface area contributed by atoms with Gasteiger partial charge in [0.1, 0.15) is 0 Å². The van der Waals surface area contributed by atoms with E-state index in [1.165, 1.54) is 0 Å². The van der Waals surface area contributed by atoms with Crippen molar-refractivity contribution < 1.29 is 21.3 Å². The second-order valence-corrected chi connectivity index (χ2v) is 0. The molecule has 2 heteroatoms. The molecule has 0 unspecified atom stereocenters. The van der Waals surface area contributed by atoms with Crippen LogP contribution in [0.2, 0.25) is 0 Å². The largest absolute Gasteiger partial charge is 0.358 e. The molecule has 0 atom stereocenters. The van der Waals surface area contributed by atoms with E-state index in [9.17, 15) is 0 Å². The third kappa shape index (κ3) is 33.4. The molecule has 0 aliphatic rings. The van der Waals surface area contributed by atoms with Gasteiger partial charge in [-0.2, -0.15) is 0 Å². The van der Waals surface area contributed by atoms with Crippen LogP contribution in [0.25, 0.3) is 0 Å². The number of hydrogen-bond donors (Lipinski definition) is 0. The molecule has 2 N–H and O–H groups in total. The molecule has 0 heterocycles. The standard InChI is InChI=1S/CH3.CH2.Cr.H2O/h1H3;1H2;;1H2/q-1;;;. The molecule has 0 fully saturated rings. The van der Waals surface area contributed by atoms with Crippen LogP contribution in [0.3, 0.4) is 0 Å². The molecule has 1 nitrogen and oxygen atoms in total. The second-order valence-electron chi connectivity index (χ2n) is 0. The summed E-state index contributed by atoms with van der Waals surface area (Å²) in [5.74, 6) is 0. The Morgan fingerprint density at radius 1 is 1.25 bits per heavy atom. The zero-order chi connectivity index (χ0) is 2.00. The van der Waals surface area contributed by atoms with Crippen LogP contribution in [-0.4, -0.2) is 10.9 Å². The molecule has 0 aromatic carbocycles. The zero-order valence-electron chi connectivity index (χ0n) is 2.62. The van der Waals surface area contributed by atoms with Gasteiger partial charge in [-0.05, 0) is 0 Å². The minimum atomic E-state index is 0. The molecule has 0 aromatic rings. The molecule has 0 rings (SSSR count). The number of hydrogen-bond acceptors (Lipinski definition) is 0. The normalized spacial score (nSPS) is 1.00. The summed E-state index contributed by atoms with van der Waals surface area (Å²) < 4.78 is 0. The molecular weight excluding hydrogens is 92.0 g/mol. The second kappa shape index (κ2) is 143. The van der Waals surface area contributed by atoms with Crippen LogP contribution in [0.5, 0.6) is 0 Å². The van der Waals surface area contributed by atoms with Crippen LogP contribution >= 0.6 is 0 Å². The van der Waals surface area contributed by atoms with Crippen LogP contribution in [0, 0.1) is 7.43 Å². The third-order valence-electron chi connectivity index (χ3n) is 0. The fourth-order valence-corrected chi connectivity index (χ4v) is 0. The topological polar surface area (TPSA) is 31.5 Å². The van der Waals surface area contributed by atoms with Crippen LogP contribution in [-0.2, 0) is 15.9 Å². The average molecular weight is 99.1 g/mol. The average Bonchev–Trinajstić information content (AvgIpc) is 1.00. The summed E-state index contributed by atoms with van der Waals surface area (Å²) in [5.41, 5.74) is 0. The molecule has 0 aliphatic carbocycles. The number of rotatable bonds is 0. The van der Waals surface area contributed by atoms with E-state index in [0.29, 0.717) is 0 Å². The van der Waals surface area contributed by atoms with Crippen molar-refractivity contribution in [1.82, 2.24) is 0 Å². The molecule has 0 aromatic heterocycles. The Balaban J connectivity index is -0.00000000500. The van der Waals surface area contributed by atoms with Gasteiger partial charge in [0.2, 0.25) is 0 Å². The summed E-state index contributed by atoms with van der Waals surface area (Å²) in [7, 11) is 0. The van der Waals surface area contributed by atoms with Gasteiger partial charge in [0.25, 0.3) is 0 Å².